The van der Waals surface area contributed by atoms with Crippen molar-refractivity contribution in [2.75, 3.05) is 25.0 Å². The van der Waals surface area contributed by atoms with Gasteiger partial charge in [-0.05, 0) is 37.6 Å². The molecule has 1 atom stereocenters. The zero-order valence-electron chi connectivity index (χ0n) is 12.3. The fourth-order valence-electron chi connectivity index (χ4n) is 2.14. The number of benzene rings is 1. The van der Waals surface area contributed by atoms with Crippen molar-refractivity contribution in [3.63, 3.8) is 0 Å². The van der Waals surface area contributed by atoms with E-state index in [0.29, 0.717) is 31.1 Å². The van der Waals surface area contributed by atoms with Crippen molar-refractivity contribution in [2.45, 2.75) is 19.8 Å². The number of hydrogen-bond acceptors (Lipinski definition) is 4. The Kier molecular flexibility index (Phi) is 5.59. The predicted molar refractivity (Wildman–Crippen MR) is 80.9 cm³/mol. The quantitative estimate of drug-likeness (QED) is 0.754. The van der Waals surface area contributed by atoms with Gasteiger partial charge in [0.05, 0.1) is 12.7 Å². The lowest BCUT2D eigenvalue weighted by molar-refractivity contribution is -0.121. The van der Waals surface area contributed by atoms with Gasteiger partial charge in [-0.25, -0.2) is 0 Å². The minimum Gasteiger partial charge on any atom is -0.493 e. The highest BCUT2D eigenvalue weighted by atomic mass is 16.5. The van der Waals surface area contributed by atoms with Gasteiger partial charge in [0.2, 0.25) is 5.91 Å². The number of carbonyl (C=O) groups excluding carboxylic acids is 1. The van der Waals surface area contributed by atoms with Crippen LogP contribution in [-0.2, 0) is 4.79 Å². The summed E-state index contributed by atoms with van der Waals surface area (Å²) in [7, 11) is 0. The third-order valence-corrected chi connectivity index (χ3v) is 3.74. The van der Waals surface area contributed by atoms with Crippen molar-refractivity contribution in [3.05, 3.63) is 24.3 Å². The summed E-state index contributed by atoms with van der Waals surface area (Å²) >= 11 is 0. The molecule has 0 bridgehead atoms. The second kappa shape index (κ2) is 7.65. The summed E-state index contributed by atoms with van der Waals surface area (Å²) in [5.41, 5.74) is 0.747. The van der Waals surface area contributed by atoms with Gasteiger partial charge < -0.3 is 15.4 Å². The van der Waals surface area contributed by atoms with E-state index < -0.39 is 0 Å². The first-order valence-electron chi connectivity index (χ1n) is 7.32. The fourth-order valence-corrected chi connectivity index (χ4v) is 2.14. The Morgan fingerprint density at radius 1 is 1.57 bits per heavy atom. The fraction of sp³-hybridized carbons (Fsp3) is 0.500. The van der Waals surface area contributed by atoms with Gasteiger partial charge in [0.15, 0.2) is 0 Å². The zero-order chi connectivity index (χ0) is 15.1. The Morgan fingerprint density at radius 2 is 2.38 bits per heavy atom. The van der Waals surface area contributed by atoms with Crippen molar-refractivity contribution < 1.29 is 9.53 Å². The van der Waals surface area contributed by atoms with Gasteiger partial charge in [0.25, 0.3) is 0 Å². The Balaban J connectivity index is 1.85. The number of hydrogen-bond donors (Lipinski definition) is 2. The normalized spacial score (nSPS) is 15.6. The highest BCUT2D eigenvalue weighted by Crippen LogP contribution is 2.21. The summed E-state index contributed by atoms with van der Waals surface area (Å²) in [5.74, 6) is 1.19. The molecule has 1 fully saturated rings. The molecule has 5 heteroatoms. The number of nitrogens with zero attached hydrogens (tertiary/aromatic N) is 1. The van der Waals surface area contributed by atoms with Gasteiger partial charge in [-0.3, -0.25) is 4.79 Å². The summed E-state index contributed by atoms with van der Waals surface area (Å²) < 4.78 is 5.56. The number of carbonyl (C=O) groups is 1. The molecule has 1 aliphatic rings. The molecule has 0 aromatic heterocycles. The number of rotatable bonds is 7. The molecule has 1 aliphatic heterocycles. The minimum absolute atomic E-state index is 0.00598. The molecular formula is C16H21N3O2. The van der Waals surface area contributed by atoms with Crippen molar-refractivity contribution in [3.8, 4) is 11.8 Å². The maximum Gasteiger partial charge on any atom is 0.227 e. The maximum absolute atomic E-state index is 12.1. The topological polar surface area (TPSA) is 74.1 Å². The van der Waals surface area contributed by atoms with E-state index in [4.69, 9.17) is 10.00 Å². The molecule has 1 amide bonds. The number of nitriles is 1. The van der Waals surface area contributed by atoms with Crippen LogP contribution in [0.4, 0.5) is 5.69 Å². The largest absolute Gasteiger partial charge is 0.493 e. The van der Waals surface area contributed by atoms with E-state index in [1.807, 2.05) is 31.2 Å². The molecule has 0 spiro atoms. The molecule has 0 saturated carbocycles. The smallest absolute Gasteiger partial charge is 0.227 e. The van der Waals surface area contributed by atoms with E-state index in [1.54, 1.807) is 0 Å². The van der Waals surface area contributed by atoms with Crippen LogP contribution in [0.3, 0.4) is 0 Å². The first kappa shape index (κ1) is 15.3. The Labute approximate surface area is 125 Å². The van der Waals surface area contributed by atoms with Gasteiger partial charge in [-0.2, -0.15) is 5.26 Å². The van der Waals surface area contributed by atoms with Gasteiger partial charge in [0.1, 0.15) is 5.75 Å². The molecule has 1 unspecified atom stereocenters. The Hall–Kier alpha value is -2.06. The van der Waals surface area contributed by atoms with Gasteiger partial charge in [0, 0.05) is 24.1 Å². The van der Waals surface area contributed by atoms with E-state index >= 15 is 0 Å². The number of anilines is 1. The van der Waals surface area contributed by atoms with Crippen LogP contribution in [0.2, 0.25) is 0 Å². The lowest BCUT2D eigenvalue weighted by Gasteiger charge is -2.31. The average molecular weight is 287 g/mol. The summed E-state index contributed by atoms with van der Waals surface area (Å²) in [6.07, 6.45) is 1.20. The summed E-state index contributed by atoms with van der Waals surface area (Å²) in [5, 5.41) is 14.6. The van der Waals surface area contributed by atoms with E-state index in [2.05, 4.69) is 16.7 Å². The van der Waals surface area contributed by atoms with Crippen molar-refractivity contribution >= 4 is 11.6 Å². The molecule has 1 aromatic rings. The number of ether oxygens (including phenoxy) is 1. The van der Waals surface area contributed by atoms with E-state index in [9.17, 15) is 4.79 Å². The van der Waals surface area contributed by atoms with Crippen LogP contribution in [0, 0.1) is 23.2 Å². The Bertz CT molecular complexity index is 520. The molecule has 2 rings (SSSR count). The highest BCUT2D eigenvalue weighted by Gasteiger charge is 2.28. The van der Waals surface area contributed by atoms with Crippen molar-refractivity contribution in [1.82, 2.24) is 5.32 Å². The molecule has 1 heterocycles. The summed E-state index contributed by atoms with van der Waals surface area (Å²) in [4.78, 5) is 12.1. The van der Waals surface area contributed by atoms with Crippen LogP contribution < -0.4 is 15.4 Å². The second-order valence-electron chi connectivity index (χ2n) is 5.33. The first-order chi connectivity index (χ1) is 10.2. The molecule has 0 aliphatic carbocycles. The maximum atomic E-state index is 12.1. The number of nitrogens with one attached hydrogen (secondary N) is 2. The number of unbranched alkanes of at least 4 members (excludes halogenated alkanes) is 1. The lowest BCUT2D eigenvalue weighted by atomic mass is 9.88. The average Bonchev–Trinajstić information content (AvgIpc) is 2.42. The number of amides is 1. The van der Waals surface area contributed by atoms with Gasteiger partial charge in [-0.15, -0.1) is 0 Å². The van der Waals surface area contributed by atoms with E-state index in [0.717, 1.165) is 18.8 Å². The van der Waals surface area contributed by atoms with Crippen LogP contribution in [0.15, 0.2) is 24.3 Å². The van der Waals surface area contributed by atoms with Crippen LogP contribution in [0.5, 0.6) is 5.75 Å². The summed E-state index contributed by atoms with van der Waals surface area (Å²) in [6.45, 7) is 4.30. The Morgan fingerprint density at radius 3 is 3.05 bits per heavy atom. The van der Waals surface area contributed by atoms with E-state index in [-0.39, 0.29) is 11.8 Å². The molecule has 0 radical (unpaired) electrons. The molecule has 2 N–H and O–H groups in total. The summed E-state index contributed by atoms with van der Waals surface area (Å²) in [6, 6.07) is 9.45. The standard InChI is InChI=1S/C16H21N3O2/c1-12(13-10-18-11-13)16(20)19-14-5-4-6-15(9-14)21-8-3-2-7-17/h4-6,9,12-13,18H,2-3,8,10-11H2,1H3,(H,19,20). The zero-order valence-corrected chi connectivity index (χ0v) is 12.3. The van der Waals surface area contributed by atoms with Crippen molar-refractivity contribution in [2.24, 2.45) is 11.8 Å². The third kappa shape index (κ3) is 4.47. The molecule has 21 heavy (non-hydrogen) atoms. The third-order valence-electron chi connectivity index (χ3n) is 3.74. The molecule has 112 valence electrons. The molecule has 5 nitrogen and oxygen atoms in total. The molecule has 1 saturated heterocycles. The van der Waals surface area contributed by atoms with Crippen LogP contribution in [-0.4, -0.2) is 25.6 Å². The van der Waals surface area contributed by atoms with Crippen molar-refractivity contribution in [1.29, 1.82) is 5.26 Å². The minimum atomic E-state index is 0.00598. The van der Waals surface area contributed by atoms with Gasteiger partial charge in [-0.1, -0.05) is 13.0 Å². The molecule has 1 aromatic carbocycles. The van der Waals surface area contributed by atoms with Crippen LogP contribution in [0.1, 0.15) is 19.8 Å². The first-order valence-corrected chi connectivity index (χ1v) is 7.32. The van der Waals surface area contributed by atoms with E-state index in [1.165, 1.54) is 0 Å². The predicted octanol–water partition coefficient (Wildman–Crippen LogP) is 2.16. The van der Waals surface area contributed by atoms with Crippen LogP contribution in [0.25, 0.3) is 0 Å². The molecular weight excluding hydrogens is 266 g/mol. The van der Waals surface area contributed by atoms with Crippen LogP contribution >= 0.6 is 0 Å². The highest BCUT2D eigenvalue weighted by molar-refractivity contribution is 5.92. The SMILES string of the molecule is CC(C(=O)Nc1cccc(OCCCC#N)c1)C1CNC1. The lowest BCUT2D eigenvalue weighted by Crippen LogP contribution is -2.48. The van der Waals surface area contributed by atoms with Gasteiger partial charge >= 0.3 is 0 Å². The monoisotopic (exact) mass is 287 g/mol. The second-order valence-corrected chi connectivity index (χ2v) is 5.33.